The molecule has 9 heteroatoms. The van der Waals surface area contributed by atoms with Crippen molar-refractivity contribution < 1.29 is 14.0 Å². The molecule has 3 aliphatic heterocycles. The third-order valence-electron chi connectivity index (χ3n) is 6.32. The second-order valence-electron chi connectivity index (χ2n) is 8.48. The summed E-state index contributed by atoms with van der Waals surface area (Å²) in [5.74, 6) is 0.340. The molecule has 0 radical (unpaired) electrons. The predicted molar refractivity (Wildman–Crippen MR) is 116 cm³/mol. The van der Waals surface area contributed by atoms with Crippen LogP contribution in [0.25, 0.3) is 0 Å². The van der Waals surface area contributed by atoms with Crippen molar-refractivity contribution in [2.75, 3.05) is 39.8 Å². The monoisotopic (exact) mass is 430 g/mol. The first kappa shape index (κ1) is 21.5. The molecule has 3 aliphatic rings. The van der Waals surface area contributed by atoms with Crippen molar-refractivity contribution in [3.05, 3.63) is 35.6 Å². The number of carbonyl (C=O) groups excluding carboxylic acids is 2. The lowest BCUT2D eigenvalue weighted by Gasteiger charge is -2.40. The fraction of sp³-hybridized carbons (Fsp3) is 0.591. The Hall–Kier alpha value is -2.68. The Morgan fingerprint density at radius 1 is 1.10 bits per heavy atom. The first-order chi connectivity index (χ1) is 15.0. The van der Waals surface area contributed by atoms with Crippen LogP contribution in [0.5, 0.6) is 0 Å². The number of benzene rings is 1. The topological polar surface area (TPSA) is 71.5 Å². The Labute approximate surface area is 182 Å². The number of carbonyl (C=O) groups is 2. The van der Waals surface area contributed by atoms with Crippen LogP contribution in [0.4, 0.5) is 9.18 Å². The highest BCUT2D eigenvalue weighted by Crippen LogP contribution is 2.26. The lowest BCUT2D eigenvalue weighted by Crippen LogP contribution is -2.64. The number of piperazine rings is 1. The molecule has 3 heterocycles. The zero-order valence-electron chi connectivity index (χ0n) is 18.3. The van der Waals surface area contributed by atoms with Crippen molar-refractivity contribution in [1.82, 2.24) is 24.9 Å². The van der Waals surface area contributed by atoms with E-state index in [4.69, 9.17) is 4.99 Å². The number of likely N-dealkylation sites (N-methyl/N-ethyl adjacent to an activating group) is 1. The quantitative estimate of drug-likeness (QED) is 0.696. The Morgan fingerprint density at radius 3 is 2.48 bits per heavy atom. The molecule has 1 N–H and O–H groups in total. The molecular formula is C22H31FN6O2. The zero-order valence-corrected chi connectivity index (χ0v) is 18.3. The zero-order chi connectivity index (χ0) is 22.0. The molecule has 1 aromatic rings. The molecule has 3 amide bonds. The van der Waals surface area contributed by atoms with E-state index in [0.29, 0.717) is 0 Å². The Bertz CT molecular complexity index is 837. The first-order valence-electron chi connectivity index (χ1n) is 11.1. The average Bonchev–Trinajstić information content (AvgIpc) is 3.15. The number of aliphatic imine (C=N–C) groups is 1. The number of imide groups is 1. The lowest BCUT2D eigenvalue weighted by molar-refractivity contribution is -0.127. The molecular weight excluding hydrogens is 399 g/mol. The van der Waals surface area contributed by atoms with Crippen molar-refractivity contribution in [2.45, 2.75) is 44.9 Å². The lowest BCUT2D eigenvalue weighted by atomic mass is 10.1. The summed E-state index contributed by atoms with van der Waals surface area (Å²) in [7, 11) is 1.69. The van der Waals surface area contributed by atoms with Gasteiger partial charge in [-0.1, -0.05) is 31.9 Å². The van der Waals surface area contributed by atoms with Crippen LogP contribution in [0.3, 0.4) is 0 Å². The normalized spacial score (nSPS) is 24.4. The molecule has 2 unspecified atom stereocenters. The van der Waals surface area contributed by atoms with Crippen molar-refractivity contribution in [3.63, 3.8) is 0 Å². The van der Waals surface area contributed by atoms with Crippen molar-refractivity contribution in [1.29, 1.82) is 0 Å². The number of urea groups is 1. The molecule has 31 heavy (non-hydrogen) atoms. The maximum atomic E-state index is 13.2. The van der Waals surface area contributed by atoms with Crippen molar-refractivity contribution in [3.8, 4) is 0 Å². The number of hydrogen-bond acceptors (Lipinski definition) is 6. The molecule has 0 saturated carbocycles. The van der Waals surface area contributed by atoms with E-state index >= 15 is 0 Å². The minimum absolute atomic E-state index is 0.218. The van der Waals surface area contributed by atoms with Crippen LogP contribution in [-0.4, -0.2) is 89.5 Å². The SMILES string of the molecule is CCCCCN1C(N2CCN(Cc3ccc(F)cc3)CC2)=NC2C1C(=O)NC(=O)N2C. The van der Waals surface area contributed by atoms with E-state index in [1.54, 1.807) is 7.05 Å². The number of unbranched alkanes of at least 4 members (excludes halogenated alkanes) is 2. The summed E-state index contributed by atoms with van der Waals surface area (Å²) in [6, 6.07) is 5.79. The average molecular weight is 431 g/mol. The van der Waals surface area contributed by atoms with Gasteiger partial charge in [-0.25, -0.2) is 14.2 Å². The van der Waals surface area contributed by atoms with Crippen LogP contribution in [0, 0.1) is 5.82 Å². The fourth-order valence-corrected chi connectivity index (χ4v) is 4.50. The molecule has 168 valence electrons. The molecule has 0 aliphatic carbocycles. The van der Waals surface area contributed by atoms with Crippen molar-refractivity contribution >= 4 is 17.9 Å². The highest BCUT2D eigenvalue weighted by atomic mass is 19.1. The molecule has 8 nitrogen and oxygen atoms in total. The number of guanidine groups is 1. The van der Waals surface area contributed by atoms with E-state index in [0.717, 1.165) is 70.1 Å². The van der Waals surface area contributed by atoms with Crippen LogP contribution in [-0.2, 0) is 11.3 Å². The van der Waals surface area contributed by atoms with Gasteiger partial charge in [0.25, 0.3) is 5.91 Å². The van der Waals surface area contributed by atoms with E-state index < -0.39 is 18.2 Å². The Kier molecular flexibility index (Phi) is 6.41. The minimum atomic E-state index is -0.477. The number of nitrogens with zero attached hydrogens (tertiary/aromatic N) is 5. The van der Waals surface area contributed by atoms with E-state index in [9.17, 15) is 14.0 Å². The van der Waals surface area contributed by atoms with E-state index in [-0.39, 0.29) is 11.7 Å². The predicted octanol–water partition coefficient (Wildman–Crippen LogP) is 1.68. The maximum absolute atomic E-state index is 13.2. The second-order valence-corrected chi connectivity index (χ2v) is 8.48. The highest BCUT2D eigenvalue weighted by Gasteiger charge is 2.49. The molecule has 2 atom stereocenters. The molecule has 0 spiro atoms. The molecule has 1 aromatic carbocycles. The van der Waals surface area contributed by atoms with Gasteiger partial charge < -0.3 is 14.7 Å². The van der Waals surface area contributed by atoms with Gasteiger partial charge in [0.15, 0.2) is 18.2 Å². The van der Waals surface area contributed by atoms with E-state index in [2.05, 4.69) is 26.9 Å². The van der Waals surface area contributed by atoms with E-state index in [1.807, 2.05) is 12.1 Å². The van der Waals surface area contributed by atoms with Gasteiger partial charge >= 0.3 is 6.03 Å². The van der Waals surface area contributed by atoms with Crippen LogP contribution in [0.2, 0.25) is 0 Å². The highest BCUT2D eigenvalue weighted by molar-refractivity contribution is 6.03. The number of amides is 3. The maximum Gasteiger partial charge on any atom is 0.325 e. The number of rotatable bonds is 6. The largest absolute Gasteiger partial charge is 0.340 e. The third kappa shape index (κ3) is 4.51. The van der Waals surface area contributed by atoms with Crippen LogP contribution < -0.4 is 5.32 Å². The molecule has 2 saturated heterocycles. The van der Waals surface area contributed by atoms with Crippen LogP contribution in [0.1, 0.15) is 31.7 Å². The fourth-order valence-electron chi connectivity index (χ4n) is 4.50. The Morgan fingerprint density at radius 2 is 1.81 bits per heavy atom. The molecule has 4 rings (SSSR count). The number of fused-ring (bicyclic) bond motifs is 1. The number of nitrogens with one attached hydrogen (secondary N) is 1. The van der Waals surface area contributed by atoms with Gasteiger partial charge in [0.2, 0.25) is 0 Å². The van der Waals surface area contributed by atoms with Gasteiger partial charge in [0.05, 0.1) is 0 Å². The van der Waals surface area contributed by atoms with Crippen LogP contribution in [0.15, 0.2) is 29.3 Å². The number of hydrogen-bond donors (Lipinski definition) is 1. The van der Waals surface area contributed by atoms with Gasteiger partial charge in [0, 0.05) is 46.3 Å². The van der Waals surface area contributed by atoms with Crippen molar-refractivity contribution in [2.24, 2.45) is 4.99 Å². The molecule has 0 bridgehead atoms. The third-order valence-corrected chi connectivity index (χ3v) is 6.32. The summed E-state index contributed by atoms with van der Waals surface area (Å²) in [6.45, 7) is 6.99. The molecule has 0 aromatic heterocycles. The Balaban J connectivity index is 1.44. The van der Waals surface area contributed by atoms with E-state index in [1.165, 1.54) is 17.0 Å². The standard InChI is InChI=1S/C22H31FN6O2/c1-3-4-5-10-29-18-19(26(2)22(31)25-20(18)30)24-21(29)28-13-11-27(12-14-28)15-16-6-8-17(23)9-7-16/h6-9,18-19H,3-5,10-15H2,1-2H3,(H,25,30,31). The molecule has 2 fully saturated rings. The van der Waals surface area contributed by atoms with Gasteiger partial charge in [-0.05, 0) is 24.1 Å². The number of halogens is 1. The summed E-state index contributed by atoms with van der Waals surface area (Å²) < 4.78 is 13.2. The summed E-state index contributed by atoms with van der Waals surface area (Å²) in [5.41, 5.74) is 1.09. The minimum Gasteiger partial charge on any atom is -0.340 e. The summed E-state index contributed by atoms with van der Waals surface area (Å²) >= 11 is 0. The van der Waals surface area contributed by atoms with Gasteiger partial charge in [-0.15, -0.1) is 0 Å². The summed E-state index contributed by atoms with van der Waals surface area (Å²) in [5, 5.41) is 2.46. The smallest absolute Gasteiger partial charge is 0.325 e. The van der Waals surface area contributed by atoms with Gasteiger partial charge in [0.1, 0.15) is 5.82 Å². The second kappa shape index (κ2) is 9.21. The summed E-state index contributed by atoms with van der Waals surface area (Å²) in [4.78, 5) is 37.8. The van der Waals surface area contributed by atoms with Crippen LogP contribution >= 0.6 is 0 Å². The first-order valence-corrected chi connectivity index (χ1v) is 11.1. The van der Waals surface area contributed by atoms with Gasteiger partial charge in [-0.2, -0.15) is 0 Å². The summed E-state index contributed by atoms with van der Waals surface area (Å²) in [6.07, 6.45) is 2.69. The van der Waals surface area contributed by atoms with Gasteiger partial charge in [-0.3, -0.25) is 15.0 Å².